The first-order valence-corrected chi connectivity index (χ1v) is 7.81. The number of aliphatic imine (C=N–C) groups is 1. The SMILES string of the molecule is CCC(C)C(N=Cc1cc(OC)c(OC)cc1OC)C(C)C. The van der Waals surface area contributed by atoms with E-state index in [-0.39, 0.29) is 0 Å². The molecule has 1 rings (SSSR count). The summed E-state index contributed by atoms with van der Waals surface area (Å²) in [4.78, 5) is 4.80. The topological polar surface area (TPSA) is 40.0 Å². The van der Waals surface area contributed by atoms with E-state index in [0.717, 1.165) is 17.7 Å². The van der Waals surface area contributed by atoms with Gasteiger partial charge in [-0.1, -0.05) is 34.1 Å². The molecule has 0 aromatic heterocycles. The second-order valence-corrected chi connectivity index (χ2v) is 5.85. The molecule has 0 radical (unpaired) electrons. The van der Waals surface area contributed by atoms with Gasteiger partial charge in [-0.15, -0.1) is 0 Å². The summed E-state index contributed by atoms with van der Waals surface area (Å²) in [7, 11) is 4.89. The van der Waals surface area contributed by atoms with Crippen LogP contribution in [0.4, 0.5) is 0 Å². The molecule has 1 aromatic carbocycles. The molecule has 0 aliphatic heterocycles. The Morgan fingerprint density at radius 2 is 1.50 bits per heavy atom. The average molecular weight is 307 g/mol. The number of hydrogen-bond acceptors (Lipinski definition) is 4. The molecule has 124 valence electrons. The van der Waals surface area contributed by atoms with E-state index in [1.54, 1.807) is 21.3 Å². The molecule has 4 heteroatoms. The normalized spacial score (nSPS) is 14.2. The molecule has 2 atom stereocenters. The van der Waals surface area contributed by atoms with E-state index in [1.165, 1.54) is 0 Å². The van der Waals surface area contributed by atoms with Crippen LogP contribution < -0.4 is 14.2 Å². The van der Waals surface area contributed by atoms with Gasteiger partial charge in [-0.05, 0) is 17.9 Å². The third kappa shape index (κ3) is 4.39. The molecule has 0 spiro atoms. The van der Waals surface area contributed by atoms with Crippen LogP contribution in [0.25, 0.3) is 0 Å². The van der Waals surface area contributed by atoms with Crippen LogP contribution >= 0.6 is 0 Å². The lowest BCUT2D eigenvalue weighted by Crippen LogP contribution is -2.21. The highest BCUT2D eigenvalue weighted by Crippen LogP contribution is 2.34. The summed E-state index contributed by atoms with van der Waals surface area (Å²) in [5.74, 6) is 3.10. The van der Waals surface area contributed by atoms with Gasteiger partial charge in [0.15, 0.2) is 11.5 Å². The number of hydrogen-bond donors (Lipinski definition) is 0. The maximum Gasteiger partial charge on any atom is 0.164 e. The molecule has 0 bridgehead atoms. The lowest BCUT2D eigenvalue weighted by Gasteiger charge is -2.22. The molecule has 0 heterocycles. The number of benzene rings is 1. The van der Waals surface area contributed by atoms with Gasteiger partial charge in [0.25, 0.3) is 0 Å². The van der Waals surface area contributed by atoms with E-state index in [9.17, 15) is 0 Å². The predicted molar refractivity (Wildman–Crippen MR) is 91.8 cm³/mol. The zero-order valence-electron chi connectivity index (χ0n) is 14.8. The quantitative estimate of drug-likeness (QED) is 0.676. The summed E-state index contributed by atoms with van der Waals surface area (Å²) < 4.78 is 16.1. The predicted octanol–water partition coefficient (Wildman–Crippen LogP) is 4.20. The van der Waals surface area contributed by atoms with Gasteiger partial charge in [0, 0.05) is 17.8 Å². The molecular formula is C18H29NO3. The van der Waals surface area contributed by atoms with Crippen molar-refractivity contribution in [3.8, 4) is 17.2 Å². The lowest BCUT2D eigenvalue weighted by atomic mass is 9.90. The number of methoxy groups -OCH3 is 3. The highest BCUT2D eigenvalue weighted by molar-refractivity contribution is 5.85. The third-order valence-electron chi connectivity index (χ3n) is 4.03. The van der Waals surface area contributed by atoms with Gasteiger partial charge in [0.1, 0.15) is 5.75 Å². The van der Waals surface area contributed by atoms with Crippen molar-refractivity contribution in [2.45, 2.75) is 40.2 Å². The summed E-state index contributed by atoms with van der Waals surface area (Å²) in [6.07, 6.45) is 3.00. The Bertz CT molecular complexity index is 497. The van der Waals surface area contributed by atoms with Crippen LogP contribution in [-0.4, -0.2) is 33.6 Å². The van der Waals surface area contributed by atoms with Crippen molar-refractivity contribution >= 4 is 6.21 Å². The summed E-state index contributed by atoms with van der Waals surface area (Å²) in [6, 6.07) is 4.02. The number of ether oxygens (including phenoxy) is 3. The van der Waals surface area contributed by atoms with Crippen LogP contribution in [0.5, 0.6) is 17.2 Å². The second kappa shape index (κ2) is 8.66. The first-order valence-electron chi connectivity index (χ1n) is 7.81. The summed E-state index contributed by atoms with van der Waals surface area (Å²) in [6.45, 7) is 8.86. The van der Waals surface area contributed by atoms with Crippen molar-refractivity contribution in [3.63, 3.8) is 0 Å². The zero-order valence-corrected chi connectivity index (χ0v) is 14.8. The van der Waals surface area contributed by atoms with Crippen LogP contribution in [0.1, 0.15) is 39.7 Å². The van der Waals surface area contributed by atoms with Crippen LogP contribution in [0.3, 0.4) is 0 Å². The highest BCUT2D eigenvalue weighted by Gasteiger charge is 2.18. The van der Waals surface area contributed by atoms with Crippen molar-refractivity contribution in [1.29, 1.82) is 0 Å². The summed E-state index contributed by atoms with van der Waals surface area (Å²) in [5.41, 5.74) is 0.897. The van der Waals surface area contributed by atoms with Crippen LogP contribution in [0, 0.1) is 11.8 Å². The Morgan fingerprint density at radius 3 is 1.95 bits per heavy atom. The van der Waals surface area contributed by atoms with Crippen molar-refractivity contribution in [2.75, 3.05) is 21.3 Å². The van der Waals surface area contributed by atoms with E-state index in [1.807, 2.05) is 18.3 Å². The molecule has 0 saturated carbocycles. The van der Waals surface area contributed by atoms with E-state index in [4.69, 9.17) is 19.2 Å². The number of nitrogens with zero attached hydrogens (tertiary/aromatic N) is 1. The second-order valence-electron chi connectivity index (χ2n) is 5.85. The van der Waals surface area contributed by atoms with Crippen molar-refractivity contribution < 1.29 is 14.2 Å². The van der Waals surface area contributed by atoms with Gasteiger partial charge in [0.05, 0.1) is 27.4 Å². The van der Waals surface area contributed by atoms with E-state index >= 15 is 0 Å². The molecule has 2 unspecified atom stereocenters. The molecule has 0 aliphatic carbocycles. The minimum absolute atomic E-state index is 0.294. The Morgan fingerprint density at radius 1 is 0.955 bits per heavy atom. The Labute approximate surface area is 134 Å². The Hall–Kier alpha value is -1.71. The maximum atomic E-state index is 5.44. The summed E-state index contributed by atoms with van der Waals surface area (Å²) in [5, 5.41) is 0. The molecular weight excluding hydrogens is 278 g/mol. The fourth-order valence-corrected chi connectivity index (χ4v) is 2.54. The first-order chi connectivity index (χ1) is 10.5. The average Bonchev–Trinajstić information content (AvgIpc) is 2.53. The molecule has 0 amide bonds. The Kier molecular flexibility index (Phi) is 7.22. The van der Waals surface area contributed by atoms with Gasteiger partial charge in [0.2, 0.25) is 0 Å². The van der Waals surface area contributed by atoms with Crippen molar-refractivity contribution in [3.05, 3.63) is 17.7 Å². The van der Waals surface area contributed by atoms with Gasteiger partial charge in [-0.25, -0.2) is 0 Å². The minimum Gasteiger partial charge on any atom is -0.496 e. The molecule has 1 aromatic rings. The number of rotatable bonds is 8. The van der Waals surface area contributed by atoms with Gasteiger partial charge in [-0.3, -0.25) is 4.99 Å². The first kappa shape index (κ1) is 18.3. The van der Waals surface area contributed by atoms with E-state index in [0.29, 0.717) is 29.4 Å². The standard InChI is InChI=1S/C18H29NO3/c1-8-13(4)18(12(2)3)19-11-14-9-16(21-6)17(22-7)10-15(14)20-5/h9-13,18H,8H2,1-7H3. The fraction of sp³-hybridized carbons (Fsp3) is 0.611. The minimum atomic E-state index is 0.294. The van der Waals surface area contributed by atoms with Gasteiger partial charge < -0.3 is 14.2 Å². The lowest BCUT2D eigenvalue weighted by molar-refractivity contribution is 0.348. The van der Waals surface area contributed by atoms with Crippen molar-refractivity contribution in [2.24, 2.45) is 16.8 Å². The molecule has 0 aliphatic rings. The molecule has 0 N–H and O–H groups in total. The molecule has 4 nitrogen and oxygen atoms in total. The third-order valence-corrected chi connectivity index (χ3v) is 4.03. The van der Waals surface area contributed by atoms with Gasteiger partial charge in [-0.2, -0.15) is 0 Å². The Balaban J connectivity index is 3.16. The van der Waals surface area contributed by atoms with Crippen LogP contribution in [0.2, 0.25) is 0 Å². The van der Waals surface area contributed by atoms with E-state index in [2.05, 4.69) is 27.7 Å². The fourth-order valence-electron chi connectivity index (χ4n) is 2.54. The zero-order chi connectivity index (χ0) is 16.7. The van der Waals surface area contributed by atoms with Crippen LogP contribution in [0.15, 0.2) is 17.1 Å². The molecule has 0 fully saturated rings. The van der Waals surface area contributed by atoms with Crippen molar-refractivity contribution in [1.82, 2.24) is 0 Å². The largest absolute Gasteiger partial charge is 0.496 e. The highest BCUT2D eigenvalue weighted by atomic mass is 16.5. The molecule has 22 heavy (non-hydrogen) atoms. The van der Waals surface area contributed by atoms with E-state index < -0.39 is 0 Å². The monoisotopic (exact) mass is 307 g/mol. The maximum absolute atomic E-state index is 5.44. The smallest absolute Gasteiger partial charge is 0.164 e. The van der Waals surface area contributed by atoms with Crippen LogP contribution in [-0.2, 0) is 0 Å². The summed E-state index contributed by atoms with van der Waals surface area (Å²) >= 11 is 0. The van der Waals surface area contributed by atoms with Gasteiger partial charge >= 0.3 is 0 Å². The molecule has 0 saturated heterocycles.